The van der Waals surface area contributed by atoms with Gasteiger partial charge in [0.2, 0.25) is 0 Å². The van der Waals surface area contributed by atoms with Crippen LogP contribution in [0.25, 0.3) is 0 Å². The van der Waals surface area contributed by atoms with E-state index in [1.165, 1.54) is 12.1 Å². The van der Waals surface area contributed by atoms with Crippen molar-refractivity contribution in [3.8, 4) is 6.07 Å². The molecule has 0 aliphatic carbocycles. The van der Waals surface area contributed by atoms with Crippen LogP contribution < -0.4 is 5.32 Å². The lowest BCUT2D eigenvalue weighted by Crippen LogP contribution is -2.27. The van der Waals surface area contributed by atoms with Crippen LogP contribution in [0.3, 0.4) is 0 Å². The van der Waals surface area contributed by atoms with Gasteiger partial charge in [0.25, 0.3) is 0 Å². The van der Waals surface area contributed by atoms with Crippen LogP contribution in [-0.4, -0.2) is 4.98 Å². The topological polar surface area (TPSA) is 48.7 Å². The summed E-state index contributed by atoms with van der Waals surface area (Å²) >= 11 is 0. The molecule has 0 bridgehead atoms. The number of pyridine rings is 1. The van der Waals surface area contributed by atoms with Crippen LogP contribution in [0.5, 0.6) is 0 Å². The smallest absolute Gasteiger partial charge is 0.142 e. The van der Waals surface area contributed by atoms with E-state index in [1.807, 2.05) is 26.8 Å². The molecule has 1 heterocycles. The molecule has 1 atom stereocenters. The van der Waals surface area contributed by atoms with Crippen molar-refractivity contribution in [2.45, 2.75) is 26.8 Å². The highest BCUT2D eigenvalue weighted by Gasteiger charge is 2.29. The molecule has 0 saturated heterocycles. The molecule has 0 saturated carbocycles. The molecule has 0 spiro atoms. The van der Waals surface area contributed by atoms with Crippen molar-refractivity contribution in [3.05, 3.63) is 59.3 Å². The first-order chi connectivity index (χ1) is 10.3. The summed E-state index contributed by atoms with van der Waals surface area (Å²) in [6, 6.07) is 10.1. The van der Waals surface area contributed by atoms with Gasteiger partial charge in [0.05, 0.1) is 6.04 Å². The van der Waals surface area contributed by atoms with E-state index >= 15 is 0 Å². The summed E-state index contributed by atoms with van der Waals surface area (Å²) in [5.41, 5.74) is 0.290. The van der Waals surface area contributed by atoms with Crippen molar-refractivity contribution in [1.29, 1.82) is 5.26 Å². The van der Waals surface area contributed by atoms with Gasteiger partial charge in [0, 0.05) is 11.6 Å². The van der Waals surface area contributed by atoms with Gasteiger partial charge in [0.15, 0.2) is 0 Å². The fourth-order valence-corrected chi connectivity index (χ4v) is 2.22. The third-order valence-electron chi connectivity index (χ3n) is 3.30. The predicted octanol–water partition coefficient (Wildman–Crippen LogP) is 4.43. The van der Waals surface area contributed by atoms with Crippen LogP contribution >= 0.6 is 0 Å². The molecule has 114 valence electrons. The highest BCUT2D eigenvalue weighted by atomic mass is 19.1. The zero-order valence-corrected chi connectivity index (χ0v) is 12.7. The summed E-state index contributed by atoms with van der Waals surface area (Å²) in [6.07, 6.45) is 0. The summed E-state index contributed by atoms with van der Waals surface area (Å²) in [4.78, 5) is 4.15. The number of nitrogens with zero attached hydrogens (tertiary/aromatic N) is 2. The van der Waals surface area contributed by atoms with E-state index in [2.05, 4.69) is 10.3 Å². The Bertz CT molecular complexity index is 715. The fourth-order valence-electron chi connectivity index (χ4n) is 2.22. The number of anilines is 1. The van der Waals surface area contributed by atoms with Gasteiger partial charge in [-0.05, 0) is 23.6 Å². The molecule has 2 rings (SSSR count). The second kappa shape index (κ2) is 6.10. The fraction of sp³-hybridized carbons (Fsp3) is 0.294. The number of nitrogens with one attached hydrogen (secondary N) is 1. The first kappa shape index (κ1) is 15.9. The summed E-state index contributed by atoms with van der Waals surface area (Å²) in [6.45, 7) is 5.84. The molecule has 0 radical (unpaired) electrons. The average molecular weight is 301 g/mol. The molecule has 2 aromatic rings. The van der Waals surface area contributed by atoms with Gasteiger partial charge in [-0.2, -0.15) is 5.26 Å². The van der Waals surface area contributed by atoms with Gasteiger partial charge in [0.1, 0.15) is 29.2 Å². The lowest BCUT2D eigenvalue weighted by Gasteiger charge is -2.32. The van der Waals surface area contributed by atoms with Gasteiger partial charge in [-0.3, -0.25) is 0 Å². The minimum atomic E-state index is -0.612. The van der Waals surface area contributed by atoms with Crippen LogP contribution in [0.4, 0.5) is 14.6 Å². The zero-order valence-electron chi connectivity index (χ0n) is 12.7. The number of aromatic nitrogens is 1. The Morgan fingerprint density at radius 1 is 1.18 bits per heavy atom. The molecule has 1 N–H and O–H groups in total. The number of halogens is 2. The van der Waals surface area contributed by atoms with Gasteiger partial charge in [-0.1, -0.05) is 32.9 Å². The maximum atomic E-state index is 14.1. The highest BCUT2D eigenvalue weighted by molar-refractivity contribution is 5.42. The summed E-state index contributed by atoms with van der Waals surface area (Å²) in [7, 11) is 0. The number of nitriles is 1. The molecular weight excluding hydrogens is 284 g/mol. The quantitative estimate of drug-likeness (QED) is 0.912. The number of benzene rings is 1. The van der Waals surface area contributed by atoms with E-state index in [0.717, 1.165) is 6.07 Å². The van der Waals surface area contributed by atoms with Crippen LogP contribution in [0.1, 0.15) is 38.1 Å². The molecule has 1 aromatic carbocycles. The highest BCUT2D eigenvalue weighted by Crippen LogP contribution is 2.36. The lowest BCUT2D eigenvalue weighted by molar-refractivity contribution is 0.338. The van der Waals surface area contributed by atoms with Crippen molar-refractivity contribution in [3.63, 3.8) is 0 Å². The van der Waals surface area contributed by atoms with E-state index in [4.69, 9.17) is 5.26 Å². The zero-order chi connectivity index (χ0) is 16.3. The van der Waals surface area contributed by atoms with E-state index in [1.54, 1.807) is 18.2 Å². The van der Waals surface area contributed by atoms with Crippen molar-refractivity contribution in [2.24, 2.45) is 5.41 Å². The van der Waals surface area contributed by atoms with Gasteiger partial charge >= 0.3 is 0 Å². The Kier molecular flexibility index (Phi) is 4.41. The third kappa shape index (κ3) is 3.59. The SMILES string of the molecule is CC(C)(C)C(Nc1cccc(C#N)n1)c1ccc(F)cc1F. The molecular formula is C17H17F2N3. The van der Waals surface area contributed by atoms with Crippen LogP contribution in [0.15, 0.2) is 36.4 Å². The van der Waals surface area contributed by atoms with Gasteiger partial charge in [-0.25, -0.2) is 13.8 Å². The molecule has 3 nitrogen and oxygen atoms in total. The molecule has 0 aliphatic rings. The molecule has 22 heavy (non-hydrogen) atoms. The largest absolute Gasteiger partial charge is 0.363 e. The number of rotatable bonds is 3. The molecule has 1 aromatic heterocycles. The van der Waals surface area contributed by atoms with Gasteiger partial charge < -0.3 is 5.32 Å². The number of hydrogen-bond acceptors (Lipinski definition) is 3. The van der Waals surface area contributed by atoms with Crippen LogP contribution in [0, 0.1) is 28.4 Å². The summed E-state index contributed by atoms with van der Waals surface area (Å²) < 4.78 is 27.3. The Hall–Kier alpha value is -2.48. The maximum absolute atomic E-state index is 14.1. The lowest BCUT2D eigenvalue weighted by atomic mass is 9.82. The minimum absolute atomic E-state index is 0.275. The van der Waals surface area contributed by atoms with E-state index in [-0.39, 0.29) is 11.1 Å². The summed E-state index contributed by atoms with van der Waals surface area (Å²) in [5, 5.41) is 12.1. The summed E-state index contributed by atoms with van der Waals surface area (Å²) in [5.74, 6) is -0.745. The average Bonchev–Trinajstić information content (AvgIpc) is 2.45. The number of hydrogen-bond donors (Lipinski definition) is 1. The van der Waals surface area contributed by atoms with E-state index in [0.29, 0.717) is 11.4 Å². The van der Waals surface area contributed by atoms with Gasteiger partial charge in [-0.15, -0.1) is 0 Å². The second-order valence-electron chi connectivity index (χ2n) is 6.13. The van der Waals surface area contributed by atoms with Crippen LogP contribution in [0.2, 0.25) is 0 Å². The van der Waals surface area contributed by atoms with E-state index in [9.17, 15) is 8.78 Å². The monoisotopic (exact) mass is 301 g/mol. The molecule has 5 heteroatoms. The predicted molar refractivity (Wildman–Crippen MR) is 81.1 cm³/mol. The minimum Gasteiger partial charge on any atom is -0.363 e. The normalized spacial score (nSPS) is 12.5. The Labute approximate surface area is 128 Å². The third-order valence-corrected chi connectivity index (χ3v) is 3.30. The van der Waals surface area contributed by atoms with Crippen molar-refractivity contribution in [1.82, 2.24) is 4.98 Å². The molecule has 1 unspecified atom stereocenters. The van der Waals surface area contributed by atoms with Crippen molar-refractivity contribution < 1.29 is 8.78 Å². The molecule has 0 amide bonds. The Morgan fingerprint density at radius 2 is 1.91 bits per heavy atom. The van der Waals surface area contributed by atoms with Crippen LogP contribution in [-0.2, 0) is 0 Å². The standard InChI is InChI=1S/C17H17F2N3/c1-17(2,3)16(13-8-7-11(18)9-14(13)19)22-15-6-4-5-12(10-20)21-15/h4-9,16H,1-3H3,(H,21,22). The molecule has 0 fully saturated rings. The second-order valence-corrected chi connectivity index (χ2v) is 6.13. The van der Waals surface area contributed by atoms with E-state index < -0.39 is 17.7 Å². The maximum Gasteiger partial charge on any atom is 0.142 e. The first-order valence-corrected chi connectivity index (χ1v) is 6.90. The van der Waals surface area contributed by atoms with Crippen molar-refractivity contribution in [2.75, 3.05) is 5.32 Å². The Morgan fingerprint density at radius 3 is 2.50 bits per heavy atom. The Balaban J connectivity index is 2.41. The molecule has 0 aliphatic heterocycles. The van der Waals surface area contributed by atoms with Crippen molar-refractivity contribution >= 4 is 5.82 Å². The first-order valence-electron chi connectivity index (χ1n) is 6.90.